The Bertz CT molecular complexity index is 274. The van der Waals surface area contributed by atoms with Crippen molar-refractivity contribution in [3.8, 4) is 0 Å². The molecule has 2 fully saturated rings. The minimum atomic E-state index is 0.398. The predicted octanol–water partition coefficient (Wildman–Crippen LogP) is 2.17. The largest absolute Gasteiger partial charge is 0.379 e. The smallest absolute Gasteiger partial charge is 0.0594 e. The predicted molar refractivity (Wildman–Crippen MR) is 84.0 cm³/mol. The van der Waals surface area contributed by atoms with Gasteiger partial charge in [-0.25, -0.2) is 0 Å². The highest BCUT2D eigenvalue weighted by atomic mass is 32.2. The van der Waals surface area contributed by atoms with E-state index in [1.165, 1.54) is 25.4 Å². The van der Waals surface area contributed by atoms with Gasteiger partial charge in [-0.15, -0.1) is 0 Å². The minimum absolute atomic E-state index is 0.398. The molecule has 0 unspecified atom stereocenters. The summed E-state index contributed by atoms with van der Waals surface area (Å²) >= 11 is 2.08. The van der Waals surface area contributed by atoms with Gasteiger partial charge < -0.3 is 9.64 Å². The summed E-state index contributed by atoms with van der Waals surface area (Å²) in [5.74, 6) is 2.06. The zero-order chi connectivity index (χ0) is 13.9. The van der Waals surface area contributed by atoms with Crippen molar-refractivity contribution in [2.45, 2.75) is 38.5 Å². The van der Waals surface area contributed by atoms with E-state index in [1.807, 2.05) is 0 Å². The van der Waals surface area contributed by atoms with Crippen LogP contribution in [0.25, 0.3) is 0 Å². The van der Waals surface area contributed by atoms with E-state index in [0.29, 0.717) is 4.75 Å². The van der Waals surface area contributed by atoms with Gasteiger partial charge in [0.1, 0.15) is 0 Å². The Balaban J connectivity index is 1.74. The highest BCUT2D eigenvalue weighted by Crippen LogP contribution is 2.26. The number of ether oxygens (including phenoxy) is 1. The van der Waals surface area contributed by atoms with Crippen molar-refractivity contribution in [2.75, 3.05) is 51.7 Å². The van der Waals surface area contributed by atoms with E-state index >= 15 is 0 Å². The Labute approximate surface area is 123 Å². The standard InChI is InChI=1S/C15H30N2OS/c1-13-11-16(7-10-19-15(2,3)4)12-14(13)17-5-8-18-9-6-17/h13-14H,5-12H2,1-4H3/t13-,14+/m1/s1. The van der Waals surface area contributed by atoms with E-state index in [2.05, 4.69) is 49.3 Å². The average molecular weight is 286 g/mol. The summed E-state index contributed by atoms with van der Waals surface area (Å²) < 4.78 is 5.86. The summed E-state index contributed by atoms with van der Waals surface area (Å²) in [6.07, 6.45) is 0. The van der Waals surface area contributed by atoms with Crippen LogP contribution in [-0.2, 0) is 4.74 Å². The van der Waals surface area contributed by atoms with Crippen LogP contribution in [0, 0.1) is 5.92 Å². The van der Waals surface area contributed by atoms with Crippen LogP contribution >= 0.6 is 11.8 Å². The summed E-state index contributed by atoms with van der Waals surface area (Å²) in [4.78, 5) is 5.30. The number of thioether (sulfide) groups is 1. The molecule has 19 heavy (non-hydrogen) atoms. The van der Waals surface area contributed by atoms with Gasteiger partial charge in [0.2, 0.25) is 0 Å². The molecule has 0 saturated carbocycles. The molecule has 3 nitrogen and oxygen atoms in total. The summed E-state index contributed by atoms with van der Waals surface area (Å²) in [6.45, 7) is 17.2. The second kappa shape index (κ2) is 6.79. The van der Waals surface area contributed by atoms with Crippen molar-refractivity contribution in [1.29, 1.82) is 0 Å². The zero-order valence-corrected chi connectivity index (χ0v) is 13.8. The van der Waals surface area contributed by atoms with Gasteiger partial charge in [0.15, 0.2) is 0 Å². The summed E-state index contributed by atoms with van der Waals surface area (Å²) in [5, 5.41) is 0. The average Bonchev–Trinajstić information content (AvgIpc) is 2.70. The maximum Gasteiger partial charge on any atom is 0.0594 e. The fraction of sp³-hybridized carbons (Fsp3) is 1.00. The lowest BCUT2D eigenvalue weighted by Gasteiger charge is -2.34. The summed E-state index contributed by atoms with van der Waals surface area (Å²) in [7, 11) is 0. The number of morpholine rings is 1. The Morgan fingerprint density at radius 1 is 1.16 bits per heavy atom. The minimum Gasteiger partial charge on any atom is -0.379 e. The topological polar surface area (TPSA) is 15.7 Å². The Morgan fingerprint density at radius 3 is 2.47 bits per heavy atom. The molecule has 2 saturated heterocycles. The second-order valence-electron chi connectivity index (χ2n) is 6.91. The highest BCUT2D eigenvalue weighted by Gasteiger charge is 2.34. The summed E-state index contributed by atoms with van der Waals surface area (Å²) in [6, 6.07) is 0.753. The van der Waals surface area contributed by atoms with Gasteiger partial charge in [-0.2, -0.15) is 11.8 Å². The monoisotopic (exact) mass is 286 g/mol. The van der Waals surface area contributed by atoms with Gasteiger partial charge >= 0.3 is 0 Å². The number of hydrogen-bond donors (Lipinski definition) is 0. The Morgan fingerprint density at radius 2 is 1.84 bits per heavy atom. The molecule has 0 aromatic heterocycles. The third-order valence-corrected chi connectivity index (χ3v) is 5.36. The van der Waals surface area contributed by atoms with Crippen LogP contribution in [0.5, 0.6) is 0 Å². The first-order chi connectivity index (χ1) is 8.96. The first-order valence-electron chi connectivity index (χ1n) is 7.64. The van der Waals surface area contributed by atoms with E-state index in [0.717, 1.165) is 38.3 Å². The van der Waals surface area contributed by atoms with E-state index in [1.54, 1.807) is 0 Å². The molecule has 112 valence electrons. The van der Waals surface area contributed by atoms with Crippen molar-refractivity contribution < 1.29 is 4.74 Å². The lowest BCUT2D eigenvalue weighted by atomic mass is 10.0. The van der Waals surface area contributed by atoms with Crippen molar-refractivity contribution in [3.05, 3.63) is 0 Å². The number of hydrogen-bond acceptors (Lipinski definition) is 4. The lowest BCUT2D eigenvalue weighted by molar-refractivity contribution is 0.0119. The van der Waals surface area contributed by atoms with Gasteiger partial charge in [0.25, 0.3) is 0 Å². The second-order valence-corrected chi connectivity index (χ2v) is 8.84. The lowest BCUT2D eigenvalue weighted by Crippen LogP contribution is -2.46. The van der Waals surface area contributed by atoms with Crippen LogP contribution < -0.4 is 0 Å². The van der Waals surface area contributed by atoms with E-state index in [9.17, 15) is 0 Å². The quantitative estimate of drug-likeness (QED) is 0.787. The molecule has 0 aliphatic carbocycles. The highest BCUT2D eigenvalue weighted by molar-refractivity contribution is 8.00. The summed E-state index contributed by atoms with van der Waals surface area (Å²) in [5.41, 5.74) is 0. The molecular weight excluding hydrogens is 256 g/mol. The molecule has 0 N–H and O–H groups in total. The van der Waals surface area contributed by atoms with E-state index in [-0.39, 0.29) is 0 Å². The fourth-order valence-corrected chi connectivity index (χ4v) is 4.06. The fourth-order valence-electron chi connectivity index (χ4n) is 3.10. The molecule has 0 aromatic rings. The van der Waals surface area contributed by atoms with Gasteiger partial charge in [0.05, 0.1) is 13.2 Å². The van der Waals surface area contributed by atoms with Crippen molar-refractivity contribution in [2.24, 2.45) is 5.92 Å². The third kappa shape index (κ3) is 4.92. The molecular formula is C15H30N2OS. The number of nitrogens with zero attached hydrogens (tertiary/aromatic N) is 2. The molecule has 0 aromatic carbocycles. The van der Waals surface area contributed by atoms with Crippen LogP contribution in [0.15, 0.2) is 0 Å². The van der Waals surface area contributed by atoms with Crippen LogP contribution in [0.2, 0.25) is 0 Å². The van der Waals surface area contributed by atoms with Crippen LogP contribution in [-0.4, -0.2) is 72.3 Å². The van der Waals surface area contributed by atoms with Crippen molar-refractivity contribution >= 4 is 11.8 Å². The van der Waals surface area contributed by atoms with E-state index in [4.69, 9.17) is 4.74 Å². The molecule has 0 radical (unpaired) electrons. The molecule has 0 spiro atoms. The molecule has 2 atom stereocenters. The van der Waals surface area contributed by atoms with Gasteiger partial charge in [-0.1, -0.05) is 27.7 Å². The van der Waals surface area contributed by atoms with Crippen molar-refractivity contribution in [1.82, 2.24) is 9.80 Å². The number of likely N-dealkylation sites (tertiary alicyclic amines) is 1. The number of rotatable bonds is 4. The maximum absolute atomic E-state index is 5.47. The van der Waals surface area contributed by atoms with Gasteiger partial charge in [-0.3, -0.25) is 4.90 Å². The molecule has 2 aliphatic heterocycles. The van der Waals surface area contributed by atoms with Crippen molar-refractivity contribution in [3.63, 3.8) is 0 Å². The SMILES string of the molecule is C[C@@H]1CN(CCSC(C)(C)C)C[C@@H]1N1CCOCC1. The first-order valence-corrected chi connectivity index (χ1v) is 8.62. The maximum atomic E-state index is 5.47. The van der Waals surface area contributed by atoms with Gasteiger partial charge in [-0.05, 0) is 5.92 Å². The molecule has 0 amide bonds. The normalized spacial score (nSPS) is 30.9. The molecule has 2 heterocycles. The molecule has 2 aliphatic rings. The van der Waals surface area contributed by atoms with E-state index < -0.39 is 0 Å². The zero-order valence-electron chi connectivity index (χ0n) is 13.0. The Kier molecular flexibility index (Phi) is 5.58. The molecule has 4 heteroatoms. The molecule has 2 rings (SSSR count). The van der Waals surface area contributed by atoms with Crippen LogP contribution in [0.4, 0.5) is 0 Å². The van der Waals surface area contributed by atoms with Crippen LogP contribution in [0.1, 0.15) is 27.7 Å². The van der Waals surface area contributed by atoms with Gasteiger partial charge in [0, 0.05) is 49.3 Å². The third-order valence-electron chi connectivity index (χ3n) is 4.11. The first kappa shape index (κ1) is 15.6. The molecule has 0 bridgehead atoms. The Hall–Kier alpha value is 0.230. The van der Waals surface area contributed by atoms with Crippen LogP contribution in [0.3, 0.4) is 0 Å².